The zero-order valence-corrected chi connectivity index (χ0v) is 9.24. The van der Waals surface area contributed by atoms with E-state index in [1.54, 1.807) is 13.8 Å². The molecule has 0 aliphatic carbocycles. The van der Waals surface area contributed by atoms with Crippen molar-refractivity contribution in [3.05, 3.63) is 0 Å². The van der Waals surface area contributed by atoms with Crippen molar-refractivity contribution in [3.63, 3.8) is 0 Å². The molecule has 0 aromatic heterocycles. The van der Waals surface area contributed by atoms with Gasteiger partial charge in [0.05, 0.1) is 13.2 Å². The van der Waals surface area contributed by atoms with Gasteiger partial charge in [0.15, 0.2) is 6.04 Å². The predicted octanol–water partition coefficient (Wildman–Crippen LogP) is 0.0223. The summed E-state index contributed by atoms with van der Waals surface area (Å²) in [5, 5.41) is 2.40. The highest BCUT2D eigenvalue weighted by molar-refractivity contribution is 5.83. The number of amides is 1. The number of carbonyl (C=O) groups is 2. The van der Waals surface area contributed by atoms with E-state index in [4.69, 9.17) is 9.62 Å². The van der Waals surface area contributed by atoms with Crippen LogP contribution in [0.25, 0.3) is 0 Å². The number of hydrogen-bond donors (Lipinski definition) is 1. The Labute approximate surface area is 88.8 Å². The zero-order chi connectivity index (χ0) is 11.7. The van der Waals surface area contributed by atoms with Gasteiger partial charge in [-0.3, -0.25) is 4.79 Å². The van der Waals surface area contributed by atoms with E-state index in [2.05, 4.69) is 10.2 Å². The summed E-state index contributed by atoms with van der Waals surface area (Å²) in [6.45, 7) is 5.31. The van der Waals surface area contributed by atoms with Gasteiger partial charge in [-0.25, -0.2) is 14.6 Å². The molecule has 15 heavy (non-hydrogen) atoms. The van der Waals surface area contributed by atoms with Crippen LogP contribution >= 0.6 is 0 Å². The van der Waals surface area contributed by atoms with Crippen molar-refractivity contribution in [2.75, 3.05) is 19.8 Å². The molecular formula is C9H17NO5. The van der Waals surface area contributed by atoms with Crippen LogP contribution in [0.5, 0.6) is 0 Å². The summed E-state index contributed by atoms with van der Waals surface area (Å²) in [5.41, 5.74) is 0. The van der Waals surface area contributed by atoms with Gasteiger partial charge in [-0.05, 0) is 13.8 Å². The fraction of sp³-hybridized carbons (Fsp3) is 0.778. The molecule has 0 aromatic carbocycles. The quantitative estimate of drug-likeness (QED) is 0.283. The van der Waals surface area contributed by atoms with E-state index in [9.17, 15) is 9.59 Å². The minimum Gasteiger partial charge on any atom is -0.464 e. The molecule has 88 valence electrons. The van der Waals surface area contributed by atoms with Gasteiger partial charge in [0.1, 0.15) is 6.61 Å². The maximum Gasteiger partial charge on any atom is 0.331 e. The molecule has 1 unspecified atom stereocenters. The molecule has 1 atom stereocenters. The van der Waals surface area contributed by atoms with Crippen LogP contribution in [0.4, 0.5) is 0 Å². The van der Waals surface area contributed by atoms with Crippen molar-refractivity contribution in [2.45, 2.75) is 26.8 Å². The van der Waals surface area contributed by atoms with Crippen LogP contribution in [0.2, 0.25) is 0 Å². The summed E-state index contributed by atoms with van der Waals surface area (Å²) < 4.78 is 4.75. The van der Waals surface area contributed by atoms with Crippen molar-refractivity contribution < 1.29 is 24.1 Å². The van der Waals surface area contributed by atoms with Crippen molar-refractivity contribution in [3.8, 4) is 0 Å². The third-order valence-corrected chi connectivity index (χ3v) is 1.38. The first-order valence-electron chi connectivity index (χ1n) is 4.79. The number of rotatable bonds is 7. The molecule has 0 radical (unpaired) electrons. The first-order valence-corrected chi connectivity index (χ1v) is 4.79. The van der Waals surface area contributed by atoms with Gasteiger partial charge in [-0.2, -0.15) is 0 Å². The van der Waals surface area contributed by atoms with Gasteiger partial charge in [-0.15, -0.1) is 0 Å². The van der Waals surface area contributed by atoms with Crippen LogP contribution in [0.3, 0.4) is 0 Å². The summed E-state index contributed by atoms with van der Waals surface area (Å²) in [5.74, 6) is -0.861. The molecule has 0 fully saturated rings. The first-order chi connectivity index (χ1) is 7.11. The second-order valence-electron chi connectivity index (χ2n) is 2.70. The molecule has 0 aromatic rings. The molecule has 1 N–H and O–H groups in total. The van der Waals surface area contributed by atoms with Gasteiger partial charge in [0, 0.05) is 6.92 Å². The molecule has 0 heterocycles. The van der Waals surface area contributed by atoms with Crippen LogP contribution < -0.4 is 5.32 Å². The van der Waals surface area contributed by atoms with Crippen LogP contribution in [-0.2, 0) is 24.1 Å². The molecular weight excluding hydrogens is 202 g/mol. The van der Waals surface area contributed by atoms with Gasteiger partial charge in [-0.1, -0.05) is 0 Å². The van der Waals surface area contributed by atoms with Crippen molar-refractivity contribution in [1.29, 1.82) is 0 Å². The maximum atomic E-state index is 11.3. The highest BCUT2D eigenvalue weighted by Gasteiger charge is 2.21. The fourth-order valence-electron chi connectivity index (χ4n) is 0.856. The third-order valence-electron chi connectivity index (χ3n) is 1.38. The molecule has 0 aliphatic heterocycles. The van der Waals surface area contributed by atoms with E-state index in [1.807, 2.05) is 0 Å². The van der Waals surface area contributed by atoms with Crippen LogP contribution in [-0.4, -0.2) is 37.7 Å². The van der Waals surface area contributed by atoms with Gasteiger partial charge in [0.2, 0.25) is 5.91 Å². The summed E-state index contributed by atoms with van der Waals surface area (Å²) in [6, 6.07) is -0.825. The Morgan fingerprint density at radius 2 is 1.87 bits per heavy atom. The Hall–Kier alpha value is -1.14. The Kier molecular flexibility index (Phi) is 7.57. The molecule has 6 heteroatoms. The zero-order valence-electron chi connectivity index (χ0n) is 9.24. The lowest BCUT2D eigenvalue weighted by molar-refractivity contribution is -0.294. The summed E-state index contributed by atoms with van der Waals surface area (Å²) >= 11 is 0. The van der Waals surface area contributed by atoms with Crippen molar-refractivity contribution in [1.82, 2.24) is 5.32 Å². The molecule has 0 rings (SSSR count). The van der Waals surface area contributed by atoms with Gasteiger partial charge in [0.25, 0.3) is 0 Å². The largest absolute Gasteiger partial charge is 0.464 e. The Morgan fingerprint density at radius 3 is 2.33 bits per heavy atom. The minimum absolute atomic E-state index is 0.0632. The van der Waals surface area contributed by atoms with Crippen LogP contribution in [0.15, 0.2) is 0 Å². The van der Waals surface area contributed by atoms with Crippen molar-refractivity contribution in [2.24, 2.45) is 0 Å². The molecule has 1 amide bonds. The number of hydrogen-bond acceptors (Lipinski definition) is 5. The average molecular weight is 219 g/mol. The van der Waals surface area contributed by atoms with E-state index < -0.39 is 12.0 Å². The lowest BCUT2D eigenvalue weighted by atomic mass is 10.3. The topological polar surface area (TPSA) is 73.9 Å². The third kappa shape index (κ3) is 6.87. The smallest absolute Gasteiger partial charge is 0.331 e. The SMILES string of the molecule is CCOOCC(NC(C)=O)C(=O)OCC. The second kappa shape index (κ2) is 8.19. The standard InChI is InChI=1S/C9H17NO5/c1-4-13-9(12)8(10-7(3)11)6-15-14-5-2/h8H,4-6H2,1-3H3,(H,10,11). The summed E-state index contributed by atoms with van der Waals surface area (Å²) in [7, 11) is 0. The van der Waals surface area contributed by atoms with Gasteiger partial charge < -0.3 is 10.1 Å². The molecule has 6 nitrogen and oxygen atoms in total. The lowest BCUT2D eigenvalue weighted by Crippen LogP contribution is -2.44. The first kappa shape index (κ1) is 13.9. The van der Waals surface area contributed by atoms with E-state index in [-0.39, 0.29) is 19.1 Å². The Bertz CT molecular complexity index is 207. The highest BCUT2D eigenvalue weighted by atomic mass is 17.2. The van der Waals surface area contributed by atoms with E-state index in [0.29, 0.717) is 6.61 Å². The summed E-state index contributed by atoms with van der Waals surface area (Å²) in [4.78, 5) is 31.4. The number of esters is 1. The Balaban J connectivity index is 4.05. The molecule has 0 spiro atoms. The van der Waals surface area contributed by atoms with Crippen LogP contribution in [0, 0.1) is 0 Å². The number of ether oxygens (including phenoxy) is 1. The van der Waals surface area contributed by atoms with E-state index in [1.165, 1.54) is 6.92 Å². The molecule has 0 saturated heterocycles. The maximum absolute atomic E-state index is 11.3. The van der Waals surface area contributed by atoms with Crippen LogP contribution in [0.1, 0.15) is 20.8 Å². The summed E-state index contributed by atoms with van der Waals surface area (Å²) in [6.07, 6.45) is 0. The second-order valence-corrected chi connectivity index (χ2v) is 2.70. The normalized spacial score (nSPS) is 11.9. The fourth-order valence-corrected chi connectivity index (χ4v) is 0.856. The molecule has 0 bridgehead atoms. The predicted molar refractivity (Wildman–Crippen MR) is 51.8 cm³/mol. The van der Waals surface area contributed by atoms with E-state index >= 15 is 0 Å². The minimum atomic E-state index is -0.825. The Morgan fingerprint density at radius 1 is 1.20 bits per heavy atom. The monoisotopic (exact) mass is 219 g/mol. The van der Waals surface area contributed by atoms with Crippen molar-refractivity contribution >= 4 is 11.9 Å². The van der Waals surface area contributed by atoms with Gasteiger partial charge >= 0.3 is 5.97 Å². The number of carbonyl (C=O) groups excluding carboxylic acids is 2. The molecule has 0 saturated carbocycles. The highest BCUT2D eigenvalue weighted by Crippen LogP contribution is 1.92. The van der Waals surface area contributed by atoms with E-state index in [0.717, 1.165) is 0 Å². The number of nitrogens with one attached hydrogen (secondary N) is 1. The molecule has 0 aliphatic rings. The lowest BCUT2D eigenvalue weighted by Gasteiger charge is -2.15. The average Bonchev–Trinajstić information content (AvgIpc) is 2.16.